The molecule has 9 heteroatoms. The third-order valence-corrected chi connectivity index (χ3v) is 4.93. The molecule has 1 saturated heterocycles. The maximum Gasteiger partial charge on any atom is 0.270 e. The molecule has 3 N–H and O–H groups in total. The lowest BCUT2D eigenvalue weighted by Crippen LogP contribution is -2.54. The third-order valence-electron chi connectivity index (χ3n) is 4.35. The average molecular weight is 444 g/mol. The van der Waals surface area contributed by atoms with Gasteiger partial charge in [0.1, 0.15) is 11.3 Å². The number of primary amides is 1. The number of halogens is 1. The first-order valence-corrected chi connectivity index (χ1v) is 9.80. The lowest BCUT2D eigenvalue weighted by Gasteiger charge is -2.30. The number of carbonyl (C=O) groups is 3. The van der Waals surface area contributed by atoms with Crippen LogP contribution in [0.1, 0.15) is 18.1 Å². The van der Waals surface area contributed by atoms with Gasteiger partial charge >= 0.3 is 0 Å². The fourth-order valence-corrected chi connectivity index (χ4v) is 3.46. The molecule has 0 aliphatic carbocycles. The van der Waals surface area contributed by atoms with Crippen LogP contribution in [0.25, 0.3) is 6.08 Å². The molecule has 0 unspecified atom stereocenters. The molecular weight excluding hydrogens is 426 g/mol. The highest BCUT2D eigenvalue weighted by atomic mass is 35.5. The van der Waals surface area contributed by atoms with Crippen LogP contribution in [0.3, 0.4) is 0 Å². The van der Waals surface area contributed by atoms with E-state index in [4.69, 9.17) is 34.3 Å². The molecule has 0 bridgehead atoms. The Morgan fingerprint density at radius 1 is 1.27 bits per heavy atom. The quantitative estimate of drug-likeness (QED) is 0.406. The summed E-state index contributed by atoms with van der Waals surface area (Å²) in [5, 5.41) is 2.79. The van der Waals surface area contributed by atoms with E-state index in [2.05, 4.69) is 5.32 Å². The SMILES string of the molecule is CCc1ccccc1N1C(=O)C(=Cc2ccc(OCC(N)=O)c(Cl)c2)C(=O)NC1=S. The van der Waals surface area contributed by atoms with Crippen molar-refractivity contribution < 1.29 is 19.1 Å². The molecule has 3 amide bonds. The molecule has 0 aromatic heterocycles. The molecule has 7 nitrogen and oxygen atoms in total. The smallest absolute Gasteiger partial charge is 0.270 e. The van der Waals surface area contributed by atoms with Crippen molar-refractivity contribution in [3.8, 4) is 5.75 Å². The number of carbonyl (C=O) groups excluding carboxylic acids is 3. The van der Waals surface area contributed by atoms with E-state index in [9.17, 15) is 14.4 Å². The Kier molecular flexibility index (Phi) is 6.49. The summed E-state index contributed by atoms with van der Waals surface area (Å²) < 4.78 is 5.20. The van der Waals surface area contributed by atoms with Gasteiger partial charge in [0.15, 0.2) is 11.7 Å². The van der Waals surface area contributed by atoms with Crippen LogP contribution in [0.4, 0.5) is 5.69 Å². The maximum atomic E-state index is 13.1. The second-order valence-electron chi connectivity index (χ2n) is 6.38. The van der Waals surface area contributed by atoms with Crippen LogP contribution in [-0.2, 0) is 20.8 Å². The zero-order valence-corrected chi connectivity index (χ0v) is 17.5. The van der Waals surface area contributed by atoms with Gasteiger partial charge in [-0.15, -0.1) is 0 Å². The molecular formula is C21H18ClN3O4S. The number of hydrogen-bond acceptors (Lipinski definition) is 5. The van der Waals surface area contributed by atoms with Crippen LogP contribution in [0.2, 0.25) is 5.02 Å². The lowest BCUT2D eigenvalue weighted by atomic mass is 10.0. The average Bonchev–Trinajstić information content (AvgIpc) is 2.70. The molecule has 1 aliphatic heterocycles. The van der Waals surface area contributed by atoms with Crippen molar-refractivity contribution >= 4 is 58.4 Å². The molecule has 3 rings (SSSR count). The standard InChI is InChI=1S/C21H18ClN3O4S/c1-2-13-5-3-4-6-16(13)25-20(28)14(19(27)24-21(25)30)9-12-7-8-17(15(22)10-12)29-11-18(23)26/h3-10H,2,11H2,1H3,(H2,23,26)(H,24,27,30). The van der Waals surface area contributed by atoms with Crippen molar-refractivity contribution in [2.75, 3.05) is 11.5 Å². The van der Waals surface area contributed by atoms with Crippen LogP contribution in [0.15, 0.2) is 48.0 Å². The van der Waals surface area contributed by atoms with Gasteiger partial charge in [0.05, 0.1) is 10.7 Å². The number of ether oxygens (including phenoxy) is 1. The van der Waals surface area contributed by atoms with Gasteiger partial charge in [-0.25, -0.2) is 0 Å². The molecule has 2 aromatic rings. The van der Waals surface area contributed by atoms with Crippen LogP contribution in [0.5, 0.6) is 5.75 Å². The van der Waals surface area contributed by atoms with Gasteiger partial charge in [0.25, 0.3) is 17.7 Å². The van der Waals surface area contributed by atoms with E-state index in [1.54, 1.807) is 18.2 Å². The molecule has 1 aliphatic rings. The van der Waals surface area contributed by atoms with Crippen molar-refractivity contribution in [2.24, 2.45) is 5.73 Å². The van der Waals surface area contributed by atoms with E-state index < -0.39 is 17.7 Å². The monoisotopic (exact) mass is 443 g/mol. The second-order valence-corrected chi connectivity index (χ2v) is 7.18. The molecule has 0 radical (unpaired) electrons. The van der Waals surface area contributed by atoms with Gasteiger partial charge < -0.3 is 10.5 Å². The van der Waals surface area contributed by atoms with Crippen molar-refractivity contribution in [3.63, 3.8) is 0 Å². The first-order chi connectivity index (χ1) is 14.3. The van der Waals surface area contributed by atoms with Crippen molar-refractivity contribution in [2.45, 2.75) is 13.3 Å². The molecule has 0 spiro atoms. The van der Waals surface area contributed by atoms with E-state index in [1.165, 1.54) is 23.1 Å². The van der Waals surface area contributed by atoms with E-state index in [-0.39, 0.29) is 28.1 Å². The Hall–Kier alpha value is -3.23. The molecule has 30 heavy (non-hydrogen) atoms. The molecule has 1 fully saturated rings. The minimum absolute atomic E-state index is 0.0243. The van der Waals surface area contributed by atoms with Crippen molar-refractivity contribution in [1.82, 2.24) is 5.32 Å². The van der Waals surface area contributed by atoms with E-state index >= 15 is 0 Å². The van der Waals surface area contributed by atoms with Gasteiger partial charge in [-0.05, 0) is 54.0 Å². The van der Waals surface area contributed by atoms with E-state index in [0.717, 1.165) is 5.56 Å². The fraction of sp³-hybridized carbons (Fsp3) is 0.143. The highest BCUT2D eigenvalue weighted by Crippen LogP contribution is 2.29. The van der Waals surface area contributed by atoms with Crippen LogP contribution in [0, 0.1) is 0 Å². The number of rotatable bonds is 6. The van der Waals surface area contributed by atoms with Gasteiger partial charge in [-0.1, -0.05) is 42.8 Å². The van der Waals surface area contributed by atoms with Crippen LogP contribution >= 0.6 is 23.8 Å². The van der Waals surface area contributed by atoms with Crippen molar-refractivity contribution in [3.05, 3.63) is 64.2 Å². The van der Waals surface area contributed by atoms with E-state index in [1.807, 2.05) is 19.1 Å². The minimum atomic E-state index is -0.634. The number of para-hydroxylation sites is 1. The number of thiocarbonyl (C=S) groups is 1. The summed E-state index contributed by atoms with van der Waals surface area (Å²) in [6.07, 6.45) is 2.11. The molecule has 1 heterocycles. The number of aryl methyl sites for hydroxylation is 1. The number of benzene rings is 2. The van der Waals surface area contributed by atoms with Gasteiger partial charge in [0.2, 0.25) is 0 Å². The third kappa shape index (κ3) is 4.50. The Balaban J connectivity index is 1.95. The number of anilines is 1. The summed E-state index contributed by atoms with van der Waals surface area (Å²) >= 11 is 11.4. The lowest BCUT2D eigenvalue weighted by molar-refractivity contribution is -0.122. The second kappa shape index (κ2) is 9.06. The Labute approximate surface area is 183 Å². The summed E-state index contributed by atoms with van der Waals surface area (Å²) in [6, 6.07) is 12.0. The fourth-order valence-electron chi connectivity index (χ4n) is 2.94. The van der Waals surface area contributed by atoms with Gasteiger partial charge in [-0.3, -0.25) is 24.6 Å². The summed E-state index contributed by atoms with van der Waals surface area (Å²) in [6.45, 7) is 1.65. The topological polar surface area (TPSA) is 102 Å². The van der Waals surface area contributed by atoms with E-state index in [0.29, 0.717) is 17.7 Å². The normalized spacial score (nSPS) is 15.3. The molecule has 0 saturated carbocycles. The number of hydrogen-bond donors (Lipinski definition) is 2. The van der Waals surface area contributed by atoms with Crippen molar-refractivity contribution in [1.29, 1.82) is 0 Å². The highest BCUT2D eigenvalue weighted by Gasteiger charge is 2.35. The number of nitrogens with zero attached hydrogens (tertiary/aromatic N) is 1. The minimum Gasteiger partial charge on any atom is -0.482 e. The highest BCUT2D eigenvalue weighted by molar-refractivity contribution is 7.80. The first kappa shape index (κ1) is 21.5. The van der Waals surface area contributed by atoms with Gasteiger partial charge in [0, 0.05) is 0 Å². The zero-order valence-electron chi connectivity index (χ0n) is 16.0. The molecule has 0 atom stereocenters. The molecule has 2 aromatic carbocycles. The predicted molar refractivity (Wildman–Crippen MR) is 118 cm³/mol. The zero-order chi connectivity index (χ0) is 21.8. The maximum absolute atomic E-state index is 13.1. The number of nitrogens with one attached hydrogen (secondary N) is 1. The summed E-state index contributed by atoms with van der Waals surface area (Å²) in [7, 11) is 0. The van der Waals surface area contributed by atoms with Crippen LogP contribution < -0.4 is 20.7 Å². The number of amides is 3. The first-order valence-electron chi connectivity index (χ1n) is 9.01. The summed E-state index contributed by atoms with van der Waals surface area (Å²) in [5.74, 6) is -1.50. The summed E-state index contributed by atoms with van der Waals surface area (Å²) in [4.78, 5) is 37.8. The van der Waals surface area contributed by atoms with Crippen LogP contribution in [-0.4, -0.2) is 29.4 Å². The predicted octanol–water partition coefficient (Wildman–Crippen LogP) is 2.60. The Morgan fingerprint density at radius 3 is 2.67 bits per heavy atom. The summed E-state index contributed by atoms with van der Waals surface area (Å²) in [5.41, 5.74) is 7.01. The largest absolute Gasteiger partial charge is 0.482 e. The number of nitrogens with two attached hydrogens (primary N) is 1. The molecule has 154 valence electrons. The Bertz CT molecular complexity index is 1080. The van der Waals surface area contributed by atoms with Gasteiger partial charge in [-0.2, -0.15) is 0 Å². The Morgan fingerprint density at radius 2 is 2.00 bits per heavy atom.